The van der Waals surface area contributed by atoms with Gasteiger partial charge in [-0.05, 0) is 18.6 Å². The van der Waals surface area contributed by atoms with E-state index in [0.29, 0.717) is 39.0 Å². The van der Waals surface area contributed by atoms with Crippen LogP contribution < -0.4 is 4.74 Å². The highest BCUT2D eigenvalue weighted by Gasteiger charge is 2.20. The van der Waals surface area contributed by atoms with Gasteiger partial charge in [-0.3, -0.25) is 9.59 Å². The molecule has 1 aromatic carbocycles. The fourth-order valence-corrected chi connectivity index (χ4v) is 3.72. The van der Waals surface area contributed by atoms with E-state index in [9.17, 15) is 9.59 Å². The number of para-hydroxylation sites is 1. The van der Waals surface area contributed by atoms with Crippen LogP contribution in [0, 0.1) is 0 Å². The molecule has 3 rings (SSSR count). The quantitative estimate of drug-likeness (QED) is 0.741. The van der Waals surface area contributed by atoms with Gasteiger partial charge in [0, 0.05) is 38.0 Å². The molecule has 7 heteroatoms. The fraction of sp³-hybridized carbons (Fsp3) is 0.389. The molecule has 25 heavy (non-hydrogen) atoms. The first-order valence-corrected chi connectivity index (χ1v) is 9.14. The molecule has 132 valence electrons. The predicted molar refractivity (Wildman–Crippen MR) is 96.6 cm³/mol. The third-order valence-corrected chi connectivity index (χ3v) is 5.22. The number of benzene rings is 1. The minimum Gasteiger partial charge on any atom is -0.496 e. The van der Waals surface area contributed by atoms with E-state index in [-0.39, 0.29) is 5.91 Å². The van der Waals surface area contributed by atoms with Crippen molar-refractivity contribution in [1.29, 1.82) is 0 Å². The third kappa shape index (κ3) is 4.17. The molecule has 1 saturated heterocycles. The number of piperazine rings is 1. The number of methoxy groups -OCH3 is 1. The van der Waals surface area contributed by atoms with Crippen LogP contribution >= 0.6 is 11.3 Å². The summed E-state index contributed by atoms with van der Waals surface area (Å²) in [6, 6.07) is 7.79. The number of hydrogen-bond acceptors (Lipinski definition) is 5. The molecule has 0 atom stereocenters. The number of carbonyl (C=O) groups is 2. The summed E-state index contributed by atoms with van der Waals surface area (Å²) < 4.78 is 5.38. The smallest absolute Gasteiger partial charge is 0.223 e. The van der Waals surface area contributed by atoms with E-state index in [1.54, 1.807) is 23.3 Å². The number of carbonyl (C=O) groups excluding carboxylic acids is 2. The lowest BCUT2D eigenvalue weighted by molar-refractivity contribution is -0.135. The summed E-state index contributed by atoms with van der Waals surface area (Å²) in [5.74, 6) is 0.921. The zero-order chi connectivity index (χ0) is 17.6. The maximum Gasteiger partial charge on any atom is 0.223 e. The molecule has 0 N–H and O–H groups in total. The van der Waals surface area contributed by atoms with Gasteiger partial charge in [0.2, 0.25) is 12.3 Å². The van der Waals surface area contributed by atoms with Gasteiger partial charge in [-0.2, -0.15) is 0 Å². The number of rotatable bonds is 6. The van der Waals surface area contributed by atoms with Crippen molar-refractivity contribution in [2.75, 3.05) is 33.3 Å². The molecule has 1 aliphatic rings. The van der Waals surface area contributed by atoms with E-state index in [0.717, 1.165) is 28.4 Å². The summed E-state index contributed by atoms with van der Waals surface area (Å²) in [5.41, 5.74) is 1.89. The highest BCUT2D eigenvalue weighted by molar-refractivity contribution is 7.13. The van der Waals surface area contributed by atoms with Crippen LogP contribution in [-0.4, -0.2) is 60.4 Å². The number of ether oxygens (including phenoxy) is 1. The van der Waals surface area contributed by atoms with E-state index in [2.05, 4.69) is 4.98 Å². The minimum absolute atomic E-state index is 0.123. The Morgan fingerprint density at radius 1 is 1.28 bits per heavy atom. The first-order valence-electron chi connectivity index (χ1n) is 8.26. The van der Waals surface area contributed by atoms with E-state index in [1.807, 2.05) is 34.5 Å². The van der Waals surface area contributed by atoms with Crippen LogP contribution in [0.25, 0.3) is 10.6 Å². The molecular formula is C18H21N3O3S. The SMILES string of the molecule is COc1ccccc1-c1nc(CCC(=O)N2CCN(C=O)CC2)cs1. The highest BCUT2D eigenvalue weighted by Crippen LogP contribution is 2.32. The topological polar surface area (TPSA) is 62.7 Å². The summed E-state index contributed by atoms with van der Waals surface area (Å²) >= 11 is 1.56. The molecule has 0 bridgehead atoms. The number of aryl methyl sites for hydroxylation is 1. The van der Waals surface area contributed by atoms with E-state index < -0.39 is 0 Å². The average molecular weight is 359 g/mol. The molecule has 6 nitrogen and oxygen atoms in total. The third-order valence-electron chi connectivity index (χ3n) is 4.30. The van der Waals surface area contributed by atoms with Crippen LogP contribution in [0.15, 0.2) is 29.6 Å². The molecule has 0 saturated carbocycles. The van der Waals surface area contributed by atoms with Crippen molar-refractivity contribution >= 4 is 23.7 Å². The lowest BCUT2D eigenvalue weighted by Gasteiger charge is -2.32. The highest BCUT2D eigenvalue weighted by atomic mass is 32.1. The Kier molecular flexibility index (Phi) is 5.65. The van der Waals surface area contributed by atoms with Gasteiger partial charge in [-0.25, -0.2) is 4.98 Å². The van der Waals surface area contributed by atoms with Crippen molar-refractivity contribution in [2.24, 2.45) is 0 Å². The van der Waals surface area contributed by atoms with Gasteiger partial charge < -0.3 is 14.5 Å². The molecule has 1 aliphatic heterocycles. The summed E-state index contributed by atoms with van der Waals surface area (Å²) in [5, 5.41) is 2.90. The number of aromatic nitrogens is 1. The van der Waals surface area contributed by atoms with Crippen LogP contribution in [0.3, 0.4) is 0 Å². The standard InChI is InChI=1S/C18H21N3O3S/c1-24-16-5-3-2-4-15(16)18-19-14(12-25-18)6-7-17(23)21-10-8-20(13-22)9-11-21/h2-5,12-13H,6-11H2,1H3. The van der Waals surface area contributed by atoms with Crippen molar-refractivity contribution in [2.45, 2.75) is 12.8 Å². The first kappa shape index (κ1) is 17.4. The Hall–Kier alpha value is -2.41. The van der Waals surface area contributed by atoms with E-state index >= 15 is 0 Å². The Morgan fingerprint density at radius 3 is 2.76 bits per heavy atom. The zero-order valence-corrected chi connectivity index (χ0v) is 15.0. The van der Waals surface area contributed by atoms with Gasteiger partial charge in [0.05, 0.1) is 18.4 Å². The molecule has 2 aromatic rings. The van der Waals surface area contributed by atoms with Crippen LogP contribution in [0.1, 0.15) is 12.1 Å². The van der Waals surface area contributed by atoms with Gasteiger partial charge in [-0.15, -0.1) is 11.3 Å². The van der Waals surface area contributed by atoms with Crippen molar-refractivity contribution in [3.8, 4) is 16.3 Å². The summed E-state index contributed by atoms with van der Waals surface area (Å²) in [6.45, 7) is 2.45. The molecule has 0 aliphatic carbocycles. The molecule has 0 spiro atoms. The first-order chi connectivity index (χ1) is 12.2. The Morgan fingerprint density at radius 2 is 2.04 bits per heavy atom. The van der Waals surface area contributed by atoms with Crippen molar-refractivity contribution in [3.05, 3.63) is 35.3 Å². The van der Waals surface area contributed by atoms with Crippen LogP contribution in [0.2, 0.25) is 0 Å². The fourth-order valence-electron chi connectivity index (χ4n) is 2.84. The van der Waals surface area contributed by atoms with Crippen molar-refractivity contribution in [3.63, 3.8) is 0 Å². The number of hydrogen-bond donors (Lipinski definition) is 0. The average Bonchev–Trinajstić information content (AvgIpc) is 3.15. The Bertz CT molecular complexity index is 739. The zero-order valence-electron chi connectivity index (χ0n) is 14.2. The van der Waals surface area contributed by atoms with Gasteiger partial charge >= 0.3 is 0 Å². The van der Waals surface area contributed by atoms with Crippen LogP contribution in [-0.2, 0) is 16.0 Å². The van der Waals surface area contributed by atoms with Crippen LogP contribution in [0.5, 0.6) is 5.75 Å². The van der Waals surface area contributed by atoms with E-state index in [1.165, 1.54) is 0 Å². The second kappa shape index (κ2) is 8.11. The van der Waals surface area contributed by atoms with Crippen LogP contribution in [0.4, 0.5) is 0 Å². The monoisotopic (exact) mass is 359 g/mol. The lowest BCUT2D eigenvalue weighted by atomic mass is 10.2. The summed E-state index contributed by atoms with van der Waals surface area (Å²) in [4.78, 5) is 31.2. The van der Waals surface area contributed by atoms with Gasteiger partial charge in [0.1, 0.15) is 10.8 Å². The maximum absolute atomic E-state index is 12.3. The number of thiazole rings is 1. The predicted octanol–water partition coefficient (Wildman–Crippen LogP) is 2.05. The van der Waals surface area contributed by atoms with E-state index in [4.69, 9.17) is 4.74 Å². The lowest BCUT2D eigenvalue weighted by Crippen LogP contribution is -2.48. The molecule has 2 amide bonds. The largest absolute Gasteiger partial charge is 0.496 e. The van der Waals surface area contributed by atoms with Gasteiger partial charge in [0.15, 0.2) is 0 Å². The Balaban J connectivity index is 1.57. The van der Waals surface area contributed by atoms with Crippen molar-refractivity contribution < 1.29 is 14.3 Å². The molecule has 0 radical (unpaired) electrons. The number of amides is 2. The van der Waals surface area contributed by atoms with Crippen molar-refractivity contribution in [1.82, 2.24) is 14.8 Å². The molecule has 2 heterocycles. The molecule has 0 unspecified atom stereocenters. The second-order valence-corrected chi connectivity index (χ2v) is 6.72. The summed E-state index contributed by atoms with van der Waals surface area (Å²) in [7, 11) is 1.65. The summed E-state index contributed by atoms with van der Waals surface area (Å²) in [6.07, 6.45) is 1.91. The molecule has 1 aromatic heterocycles. The molecule has 1 fully saturated rings. The minimum atomic E-state index is 0.123. The molecular weight excluding hydrogens is 338 g/mol. The van der Waals surface area contributed by atoms with Gasteiger partial charge in [0.25, 0.3) is 0 Å². The Labute approximate surface area is 151 Å². The number of nitrogens with zero attached hydrogens (tertiary/aromatic N) is 3. The maximum atomic E-state index is 12.3. The second-order valence-electron chi connectivity index (χ2n) is 5.87. The van der Waals surface area contributed by atoms with Gasteiger partial charge in [-0.1, -0.05) is 12.1 Å². The normalized spacial score (nSPS) is 14.4.